The second-order valence-corrected chi connectivity index (χ2v) is 6.16. The number of halogens is 2. The topological polar surface area (TPSA) is 75.3 Å². The van der Waals surface area contributed by atoms with E-state index in [2.05, 4.69) is 5.32 Å². The van der Waals surface area contributed by atoms with E-state index in [1.807, 2.05) is 0 Å². The molecule has 0 radical (unpaired) electrons. The molecule has 1 fully saturated rings. The number of nitrogens with two attached hydrogens (primary N) is 1. The molecular formula is C17H26ClFN2O2. The van der Waals surface area contributed by atoms with Gasteiger partial charge in [-0.15, -0.1) is 12.4 Å². The van der Waals surface area contributed by atoms with E-state index in [-0.39, 0.29) is 24.8 Å². The maximum absolute atomic E-state index is 13.5. The molecule has 0 spiro atoms. The van der Waals surface area contributed by atoms with E-state index in [1.54, 1.807) is 18.2 Å². The molecule has 0 aromatic heterocycles. The average Bonchev–Trinajstić information content (AvgIpc) is 2.54. The van der Waals surface area contributed by atoms with Crippen molar-refractivity contribution in [1.82, 2.24) is 5.32 Å². The van der Waals surface area contributed by atoms with Crippen molar-refractivity contribution in [2.24, 2.45) is 11.7 Å². The smallest absolute Gasteiger partial charge is 0.250 e. The van der Waals surface area contributed by atoms with Crippen molar-refractivity contribution >= 4 is 18.3 Å². The van der Waals surface area contributed by atoms with Gasteiger partial charge in [0.05, 0.1) is 0 Å². The molecule has 1 unspecified atom stereocenters. The normalized spacial score (nSPS) is 17.9. The van der Waals surface area contributed by atoms with Gasteiger partial charge in [-0.25, -0.2) is 4.39 Å². The van der Waals surface area contributed by atoms with Crippen molar-refractivity contribution in [2.45, 2.75) is 57.2 Å². The Labute approximate surface area is 143 Å². The third-order valence-electron chi connectivity index (χ3n) is 4.42. The summed E-state index contributed by atoms with van der Waals surface area (Å²) >= 11 is 0. The minimum Gasteiger partial charge on any atom is -0.382 e. The van der Waals surface area contributed by atoms with Crippen molar-refractivity contribution < 1.29 is 14.3 Å². The van der Waals surface area contributed by atoms with Crippen LogP contribution in [0.25, 0.3) is 0 Å². The molecule has 0 aliphatic heterocycles. The minimum atomic E-state index is -1.24. The van der Waals surface area contributed by atoms with E-state index < -0.39 is 18.1 Å². The summed E-state index contributed by atoms with van der Waals surface area (Å²) in [5, 5.41) is 12.6. The van der Waals surface area contributed by atoms with E-state index in [0.29, 0.717) is 17.9 Å². The van der Waals surface area contributed by atoms with Crippen molar-refractivity contribution in [1.29, 1.82) is 0 Å². The van der Waals surface area contributed by atoms with Gasteiger partial charge < -0.3 is 16.2 Å². The number of carbonyl (C=O) groups is 1. The first-order valence-electron chi connectivity index (χ1n) is 8.02. The van der Waals surface area contributed by atoms with Crippen molar-refractivity contribution in [3.8, 4) is 0 Å². The zero-order chi connectivity index (χ0) is 15.9. The molecular weight excluding hydrogens is 319 g/mol. The molecule has 6 heteroatoms. The molecule has 1 aromatic carbocycles. The molecule has 4 nitrogen and oxygen atoms in total. The predicted molar refractivity (Wildman–Crippen MR) is 90.7 cm³/mol. The van der Waals surface area contributed by atoms with Gasteiger partial charge in [0.15, 0.2) is 0 Å². The van der Waals surface area contributed by atoms with Crippen molar-refractivity contribution in [2.75, 3.05) is 0 Å². The zero-order valence-electron chi connectivity index (χ0n) is 13.2. The molecule has 4 N–H and O–H groups in total. The fraction of sp³-hybridized carbons (Fsp3) is 0.588. The summed E-state index contributed by atoms with van der Waals surface area (Å²) in [6, 6.07) is 5.67. The monoisotopic (exact) mass is 344 g/mol. The Hall–Kier alpha value is -1.17. The first-order valence-corrected chi connectivity index (χ1v) is 8.02. The van der Waals surface area contributed by atoms with Crippen LogP contribution in [0, 0.1) is 11.7 Å². The fourth-order valence-corrected chi connectivity index (χ4v) is 3.06. The van der Waals surface area contributed by atoms with Gasteiger partial charge >= 0.3 is 0 Å². The predicted octanol–water partition coefficient (Wildman–Crippen LogP) is 2.52. The van der Waals surface area contributed by atoms with Gasteiger partial charge in [-0.2, -0.15) is 0 Å². The zero-order valence-corrected chi connectivity index (χ0v) is 14.0. The van der Waals surface area contributed by atoms with Crippen LogP contribution in [0.2, 0.25) is 0 Å². The van der Waals surface area contributed by atoms with Gasteiger partial charge in [-0.1, -0.05) is 50.3 Å². The first-order chi connectivity index (χ1) is 10.6. The number of hydrogen-bond donors (Lipinski definition) is 3. The fourth-order valence-electron chi connectivity index (χ4n) is 3.06. The molecule has 130 valence electrons. The summed E-state index contributed by atoms with van der Waals surface area (Å²) in [6.45, 7) is 0.0543. The van der Waals surface area contributed by atoms with Crippen LogP contribution in [-0.2, 0) is 11.3 Å². The second-order valence-electron chi connectivity index (χ2n) is 6.16. The standard InChI is InChI=1S/C17H25FN2O2.ClH/c18-14-9-5-4-8-13(14)11-20-17(22)16(21)15(19)10-12-6-2-1-3-7-12;/h4-5,8-9,12,15-16,21H,1-3,6-7,10-11,19H2,(H,20,22);1H/t15-,16?;/m1./s1. The van der Waals surface area contributed by atoms with E-state index in [4.69, 9.17) is 5.73 Å². The molecule has 23 heavy (non-hydrogen) atoms. The maximum Gasteiger partial charge on any atom is 0.250 e. The SMILES string of the molecule is Cl.N[C@H](CC1CCCCC1)C(O)C(=O)NCc1ccccc1F. The Morgan fingerprint density at radius 3 is 2.61 bits per heavy atom. The summed E-state index contributed by atoms with van der Waals surface area (Å²) in [5.41, 5.74) is 6.36. The van der Waals surface area contributed by atoms with E-state index in [1.165, 1.54) is 25.3 Å². The number of carbonyl (C=O) groups excluding carboxylic acids is 1. The number of nitrogens with one attached hydrogen (secondary N) is 1. The number of benzene rings is 1. The molecule has 1 saturated carbocycles. The van der Waals surface area contributed by atoms with E-state index >= 15 is 0 Å². The molecule has 2 rings (SSSR count). The lowest BCUT2D eigenvalue weighted by Crippen LogP contribution is -2.47. The van der Waals surface area contributed by atoms with Crippen LogP contribution < -0.4 is 11.1 Å². The van der Waals surface area contributed by atoms with Crippen LogP contribution in [0.4, 0.5) is 4.39 Å². The van der Waals surface area contributed by atoms with Gasteiger partial charge in [0.2, 0.25) is 0 Å². The average molecular weight is 345 g/mol. The summed E-state index contributed by atoms with van der Waals surface area (Å²) in [6.07, 6.45) is 5.33. The van der Waals surface area contributed by atoms with Gasteiger partial charge in [0, 0.05) is 18.2 Å². The van der Waals surface area contributed by atoms with E-state index in [0.717, 1.165) is 12.8 Å². The van der Waals surface area contributed by atoms with Gasteiger partial charge in [-0.3, -0.25) is 4.79 Å². The number of aliphatic hydroxyl groups excluding tert-OH is 1. The second kappa shape index (κ2) is 9.85. The van der Waals surface area contributed by atoms with Crippen molar-refractivity contribution in [3.05, 3.63) is 35.6 Å². The molecule has 0 saturated heterocycles. The number of aliphatic hydroxyl groups is 1. The lowest BCUT2D eigenvalue weighted by atomic mass is 9.84. The highest BCUT2D eigenvalue weighted by atomic mass is 35.5. The molecule has 1 aliphatic rings. The highest BCUT2D eigenvalue weighted by molar-refractivity contribution is 5.85. The number of rotatable bonds is 6. The number of hydrogen-bond acceptors (Lipinski definition) is 3. The lowest BCUT2D eigenvalue weighted by Gasteiger charge is -2.26. The summed E-state index contributed by atoms with van der Waals surface area (Å²) in [4.78, 5) is 11.9. The van der Waals surface area contributed by atoms with E-state index in [9.17, 15) is 14.3 Å². The van der Waals surface area contributed by atoms with Crippen LogP contribution >= 0.6 is 12.4 Å². The molecule has 0 bridgehead atoms. The number of amides is 1. The van der Waals surface area contributed by atoms with Crippen LogP contribution in [0.3, 0.4) is 0 Å². The Kier molecular flexibility index (Phi) is 8.52. The Bertz CT molecular complexity index is 495. The van der Waals surface area contributed by atoms with Gasteiger partial charge in [0.1, 0.15) is 11.9 Å². The molecule has 1 aliphatic carbocycles. The third-order valence-corrected chi connectivity index (χ3v) is 4.42. The Balaban J connectivity index is 0.00000264. The third kappa shape index (κ3) is 6.09. The van der Waals surface area contributed by atoms with Crippen LogP contribution in [-0.4, -0.2) is 23.2 Å². The van der Waals surface area contributed by atoms with Gasteiger partial charge in [-0.05, 0) is 18.4 Å². The lowest BCUT2D eigenvalue weighted by molar-refractivity contribution is -0.130. The van der Waals surface area contributed by atoms with Crippen LogP contribution in [0.15, 0.2) is 24.3 Å². The van der Waals surface area contributed by atoms with Crippen LogP contribution in [0.1, 0.15) is 44.1 Å². The highest BCUT2D eigenvalue weighted by Crippen LogP contribution is 2.27. The Morgan fingerprint density at radius 2 is 1.96 bits per heavy atom. The molecule has 2 atom stereocenters. The quantitative estimate of drug-likeness (QED) is 0.742. The largest absolute Gasteiger partial charge is 0.382 e. The van der Waals surface area contributed by atoms with Gasteiger partial charge in [0.25, 0.3) is 5.91 Å². The first kappa shape index (κ1) is 19.9. The summed E-state index contributed by atoms with van der Waals surface area (Å²) in [5.74, 6) is -0.409. The maximum atomic E-state index is 13.5. The summed E-state index contributed by atoms with van der Waals surface area (Å²) in [7, 11) is 0. The molecule has 1 aromatic rings. The highest BCUT2D eigenvalue weighted by Gasteiger charge is 2.26. The Morgan fingerprint density at radius 1 is 1.30 bits per heavy atom. The minimum absolute atomic E-state index is 0. The molecule has 1 amide bonds. The summed E-state index contributed by atoms with van der Waals surface area (Å²) < 4.78 is 13.5. The van der Waals surface area contributed by atoms with Crippen LogP contribution in [0.5, 0.6) is 0 Å². The molecule has 0 heterocycles. The van der Waals surface area contributed by atoms with Crippen molar-refractivity contribution in [3.63, 3.8) is 0 Å².